The molecule has 0 amide bonds. The molecule has 0 saturated carbocycles. The van der Waals surface area contributed by atoms with Crippen LogP contribution in [0.2, 0.25) is 5.02 Å². The van der Waals surface area contributed by atoms with E-state index >= 15 is 0 Å². The summed E-state index contributed by atoms with van der Waals surface area (Å²) in [6, 6.07) is 6.20. The third-order valence-electron chi connectivity index (χ3n) is 5.21. The van der Waals surface area contributed by atoms with E-state index in [1.807, 2.05) is 17.8 Å². The average molecular weight is 521 g/mol. The Morgan fingerprint density at radius 1 is 1.21 bits per heavy atom. The molecule has 2 aromatic rings. The van der Waals surface area contributed by atoms with Crippen molar-refractivity contribution in [2.45, 2.75) is 19.9 Å². The number of quaternary nitrogens is 1. The standard InChI is InChI=1S/C22H33ClN4S.ClHO4/c1-6-25-14-16-28-22(25)10-7-9-21-24(2)20-17-18(23)11-12-19(20)26(21)13-8-15-27(3,4)5;2-1(3,4)5/h7,9-12,17H,6,8,13-16H2,1-5H3;(H,2,3,4,5)/q+2;/p-1. The Balaban J connectivity index is 0.000000696. The van der Waals surface area contributed by atoms with Gasteiger partial charge in [-0.2, -0.15) is 0 Å². The van der Waals surface area contributed by atoms with E-state index in [4.69, 9.17) is 30.2 Å². The Bertz CT molecular complexity index is 991. The number of benzene rings is 1. The van der Waals surface area contributed by atoms with Gasteiger partial charge in [-0.1, -0.05) is 17.7 Å². The van der Waals surface area contributed by atoms with Gasteiger partial charge in [-0.15, -0.1) is 22.0 Å². The fourth-order valence-electron chi connectivity index (χ4n) is 3.71. The maximum Gasteiger partial charge on any atom is 0.282 e. The minimum atomic E-state index is -4.94. The fourth-order valence-corrected chi connectivity index (χ4v) is 4.97. The number of rotatable bonds is 7. The van der Waals surface area contributed by atoms with E-state index in [0.29, 0.717) is 0 Å². The first kappa shape index (κ1) is 27.9. The maximum atomic E-state index is 8.49. The van der Waals surface area contributed by atoms with Crippen LogP contribution in [0.5, 0.6) is 0 Å². The molecule has 0 bridgehead atoms. The summed E-state index contributed by atoms with van der Waals surface area (Å²) in [5.41, 5.74) is 2.42. The predicted octanol–water partition coefficient (Wildman–Crippen LogP) is -0.617. The second kappa shape index (κ2) is 11.9. The van der Waals surface area contributed by atoms with Gasteiger partial charge in [0.2, 0.25) is 0 Å². The second-order valence-electron chi connectivity index (χ2n) is 8.74. The quantitative estimate of drug-likeness (QED) is 0.356. The predicted molar refractivity (Wildman–Crippen MR) is 122 cm³/mol. The Kier molecular flexibility index (Phi) is 10.1. The molecule has 1 aliphatic rings. The molecule has 184 valence electrons. The number of halogens is 2. The third kappa shape index (κ3) is 9.11. The largest absolute Gasteiger partial charge is 0.366 e. The van der Waals surface area contributed by atoms with Crippen molar-refractivity contribution in [2.24, 2.45) is 7.05 Å². The van der Waals surface area contributed by atoms with E-state index in [1.54, 1.807) is 0 Å². The lowest BCUT2D eigenvalue weighted by Gasteiger charge is -2.23. The van der Waals surface area contributed by atoms with Gasteiger partial charge in [-0.25, -0.2) is 27.8 Å². The first-order chi connectivity index (χ1) is 15.3. The SMILES string of the molecule is CCN1CCSC1=CC=Cc1n(C)c2cc(Cl)ccc2[n+]1CCC[N+](C)(C)C.[O-][Cl+3]([O-])([O-])[O-]. The molecule has 8 nitrogen and oxygen atoms in total. The number of hydrogen-bond donors (Lipinski definition) is 0. The highest BCUT2D eigenvalue weighted by atomic mass is 35.7. The van der Waals surface area contributed by atoms with Crippen molar-refractivity contribution in [3.8, 4) is 0 Å². The van der Waals surface area contributed by atoms with Crippen LogP contribution < -0.4 is 23.2 Å². The van der Waals surface area contributed by atoms with Crippen molar-refractivity contribution in [3.05, 3.63) is 46.2 Å². The van der Waals surface area contributed by atoms with Gasteiger partial charge in [-0.05, 0) is 25.1 Å². The van der Waals surface area contributed by atoms with Crippen molar-refractivity contribution < 1.29 is 37.9 Å². The summed E-state index contributed by atoms with van der Waals surface area (Å²) in [4.78, 5) is 2.44. The lowest BCUT2D eigenvalue weighted by atomic mass is 10.3. The zero-order valence-electron chi connectivity index (χ0n) is 19.8. The molecule has 0 N–H and O–H groups in total. The number of fused-ring (bicyclic) bond motifs is 1. The van der Waals surface area contributed by atoms with Crippen molar-refractivity contribution in [1.29, 1.82) is 0 Å². The zero-order valence-corrected chi connectivity index (χ0v) is 22.1. The lowest BCUT2D eigenvalue weighted by Crippen LogP contribution is -2.68. The van der Waals surface area contributed by atoms with E-state index in [1.165, 1.54) is 27.6 Å². The molecule has 1 aromatic carbocycles. The molecule has 0 atom stereocenters. The molecule has 1 saturated heterocycles. The van der Waals surface area contributed by atoms with Crippen molar-refractivity contribution in [3.63, 3.8) is 0 Å². The van der Waals surface area contributed by atoms with Crippen molar-refractivity contribution >= 4 is 40.5 Å². The van der Waals surface area contributed by atoms with Crippen LogP contribution >= 0.6 is 23.4 Å². The van der Waals surface area contributed by atoms with E-state index in [0.717, 1.165) is 42.1 Å². The normalized spacial score (nSPS) is 16.2. The first-order valence-corrected chi connectivity index (χ1v) is 13.3. The summed E-state index contributed by atoms with van der Waals surface area (Å²) >= 11 is 8.22. The molecule has 11 heteroatoms. The topological polar surface area (TPSA) is 104 Å². The van der Waals surface area contributed by atoms with Gasteiger partial charge in [-0.3, -0.25) is 0 Å². The van der Waals surface area contributed by atoms with Crippen LogP contribution in [0.4, 0.5) is 0 Å². The summed E-state index contributed by atoms with van der Waals surface area (Å²) in [6.07, 6.45) is 7.82. The summed E-state index contributed by atoms with van der Waals surface area (Å²) in [5, 5.41) is 2.15. The van der Waals surface area contributed by atoms with Crippen molar-refractivity contribution in [2.75, 3.05) is 46.5 Å². The molecule has 0 unspecified atom stereocenters. The van der Waals surface area contributed by atoms with Crippen LogP contribution in [0, 0.1) is 10.2 Å². The number of thioether (sulfide) groups is 1. The number of nitrogens with zero attached hydrogens (tertiary/aromatic N) is 4. The summed E-state index contributed by atoms with van der Waals surface area (Å²) in [7, 11) is 3.93. The minimum absolute atomic E-state index is 0.783. The van der Waals surface area contributed by atoms with Gasteiger partial charge < -0.3 is 9.38 Å². The van der Waals surface area contributed by atoms with Crippen LogP contribution in [0.1, 0.15) is 19.2 Å². The van der Waals surface area contributed by atoms with Gasteiger partial charge in [0.1, 0.15) is 0 Å². The van der Waals surface area contributed by atoms with Crippen LogP contribution in [-0.2, 0) is 13.6 Å². The lowest BCUT2D eigenvalue weighted by molar-refractivity contribution is -2.00. The summed E-state index contributed by atoms with van der Waals surface area (Å²) in [5.74, 6) is 2.40. The number of imidazole rings is 1. The Hall–Kier alpha value is -1.30. The smallest absolute Gasteiger partial charge is 0.282 e. The van der Waals surface area contributed by atoms with Crippen LogP contribution in [0.3, 0.4) is 0 Å². The van der Waals surface area contributed by atoms with Crippen LogP contribution in [0.25, 0.3) is 17.1 Å². The van der Waals surface area contributed by atoms with Gasteiger partial charge in [0.15, 0.2) is 11.0 Å². The zero-order chi connectivity index (χ0) is 24.8. The molecule has 0 radical (unpaired) electrons. The second-order valence-corrected chi connectivity index (χ2v) is 11.0. The van der Waals surface area contributed by atoms with Gasteiger partial charge >= 0.3 is 0 Å². The Labute approximate surface area is 207 Å². The molecule has 1 fully saturated rings. The summed E-state index contributed by atoms with van der Waals surface area (Å²) < 4.78 is 39.6. The van der Waals surface area contributed by atoms with Gasteiger partial charge in [0.05, 0.1) is 46.3 Å². The molecule has 33 heavy (non-hydrogen) atoms. The Morgan fingerprint density at radius 3 is 2.48 bits per heavy atom. The van der Waals surface area contributed by atoms with E-state index < -0.39 is 10.2 Å². The first-order valence-electron chi connectivity index (χ1n) is 10.7. The highest BCUT2D eigenvalue weighted by Gasteiger charge is 2.22. The van der Waals surface area contributed by atoms with E-state index in [-0.39, 0.29) is 0 Å². The molecule has 0 aliphatic carbocycles. The third-order valence-corrected chi connectivity index (χ3v) is 6.52. The monoisotopic (exact) mass is 519 g/mol. The molecule has 3 rings (SSSR count). The van der Waals surface area contributed by atoms with E-state index in [9.17, 15) is 0 Å². The van der Waals surface area contributed by atoms with Crippen LogP contribution in [0.15, 0.2) is 35.4 Å². The number of allylic oxidation sites excluding steroid dienone is 2. The highest BCUT2D eigenvalue weighted by Crippen LogP contribution is 2.27. The van der Waals surface area contributed by atoms with Crippen molar-refractivity contribution in [1.82, 2.24) is 9.47 Å². The van der Waals surface area contributed by atoms with Gasteiger partial charge in [0, 0.05) is 42.4 Å². The summed E-state index contributed by atoms with van der Waals surface area (Å²) in [6.45, 7) is 6.59. The molecular weight excluding hydrogens is 487 g/mol. The highest BCUT2D eigenvalue weighted by molar-refractivity contribution is 8.03. The molecule has 0 spiro atoms. The molecule has 1 aromatic heterocycles. The average Bonchev–Trinajstić information content (AvgIpc) is 3.23. The van der Waals surface area contributed by atoms with E-state index in [2.05, 4.69) is 79.5 Å². The van der Waals surface area contributed by atoms with Crippen LogP contribution in [-0.4, -0.2) is 60.5 Å². The number of aryl methyl sites for hydroxylation is 2. The molecule has 1 aliphatic heterocycles. The molecule has 2 heterocycles. The number of aromatic nitrogens is 2. The molecular formula is C22H33Cl2N4O4S+. The maximum absolute atomic E-state index is 8.49. The minimum Gasteiger partial charge on any atom is -0.366 e. The Morgan fingerprint density at radius 2 is 1.88 bits per heavy atom. The number of hydrogen-bond acceptors (Lipinski definition) is 6. The fraction of sp³-hybridized carbons (Fsp3) is 0.500. The van der Waals surface area contributed by atoms with Gasteiger partial charge in [0.25, 0.3) is 5.82 Å².